The molecular formula is C16H14FNO. The predicted molar refractivity (Wildman–Crippen MR) is 72.4 cm³/mol. The van der Waals surface area contributed by atoms with Gasteiger partial charge in [0.15, 0.2) is 5.78 Å². The van der Waals surface area contributed by atoms with Crippen LogP contribution in [-0.2, 0) is 0 Å². The minimum absolute atomic E-state index is 0.00718. The number of hydrogen-bond acceptors (Lipinski definition) is 2. The van der Waals surface area contributed by atoms with Crippen molar-refractivity contribution < 1.29 is 9.18 Å². The molecule has 0 radical (unpaired) electrons. The number of carbonyl (C=O) groups is 1. The molecule has 3 heteroatoms. The van der Waals surface area contributed by atoms with Crippen LogP contribution in [0.2, 0.25) is 0 Å². The molecular weight excluding hydrogens is 241 g/mol. The molecule has 2 nitrogen and oxygen atoms in total. The Morgan fingerprint density at radius 1 is 1.16 bits per heavy atom. The molecule has 1 saturated carbocycles. The predicted octanol–water partition coefficient (Wildman–Crippen LogP) is 3.39. The Morgan fingerprint density at radius 3 is 2.58 bits per heavy atom. The van der Waals surface area contributed by atoms with Gasteiger partial charge in [-0.05, 0) is 36.1 Å². The van der Waals surface area contributed by atoms with Crippen molar-refractivity contribution in [3.63, 3.8) is 0 Å². The molecule has 96 valence electrons. The number of rotatable bonds is 3. The van der Waals surface area contributed by atoms with Crippen molar-refractivity contribution in [3.8, 4) is 0 Å². The summed E-state index contributed by atoms with van der Waals surface area (Å²) in [5, 5.41) is 0. The lowest BCUT2D eigenvalue weighted by Crippen LogP contribution is -2.04. The number of nitrogen functional groups attached to an aromatic ring is 1. The van der Waals surface area contributed by atoms with Crippen LogP contribution in [0.15, 0.2) is 48.5 Å². The van der Waals surface area contributed by atoms with Crippen LogP contribution in [0.3, 0.4) is 0 Å². The molecule has 0 bridgehead atoms. The Hall–Kier alpha value is -2.16. The van der Waals surface area contributed by atoms with Crippen molar-refractivity contribution in [2.24, 2.45) is 5.92 Å². The largest absolute Gasteiger partial charge is 0.396 e. The van der Waals surface area contributed by atoms with Crippen molar-refractivity contribution in [2.45, 2.75) is 12.3 Å². The van der Waals surface area contributed by atoms with E-state index in [1.807, 2.05) is 30.3 Å². The maximum Gasteiger partial charge on any atom is 0.166 e. The van der Waals surface area contributed by atoms with Crippen LogP contribution in [0, 0.1) is 11.7 Å². The highest BCUT2D eigenvalue weighted by Crippen LogP contribution is 2.49. The minimum atomic E-state index is -0.525. The molecule has 1 aliphatic rings. The van der Waals surface area contributed by atoms with Crippen molar-refractivity contribution >= 4 is 11.5 Å². The topological polar surface area (TPSA) is 43.1 Å². The average Bonchev–Trinajstić information content (AvgIpc) is 3.22. The quantitative estimate of drug-likeness (QED) is 0.674. The van der Waals surface area contributed by atoms with Gasteiger partial charge in [-0.1, -0.05) is 30.3 Å². The SMILES string of the molecule is Nc1ccc(C(=O)C2CC2c2ccccc2)cc1F. The second-order valence-corrected chi connectivity index (χ2v) is 4.96. The molecule has 0 amide bonds. The molecule has 1 fully saturated rings. The highest BCUT2D eigenvalue weighted by atomic mass is 19.1. The van der Waals surface area contributed by atoms with Gasteiger partial charge in [0, 0.05) is 11.5 Å². The average molecular weight is 255 g/mol. The summed E-state index contributed by atoms with van der Waals surface area (Å²) in [5.41, 5.74) is 7.08. The van der Waals surface area contributed by atoms with E-state index in [2.05, 4.69) is 0 Å². The monoisotopic (exact) mass is 255 g/mol. The normalized spacial score (nSPS) is 21.1. The molecule has 0 aliphatic heterocycles. The third-order valence-electron chi connectivity index (χ3n) is 3.64. The fourth-order valence-corrected chi connectivity index (χ4v) is 2.45. The van der Waals surface area contributed by atoms with Gasteiger partial charge < -0.3 is 5.73 Å². The molecule has 0 heterocycles. The molecule has 2 aromatic carbocycles. The standard InChI is InChI=1S/C16H14FNO/c17-14-8-11(6-7-15(14)18)16(19)13-9-12(13)10-4-2-1-3-5-10/h1-8,12-13H,9,18H2. The van der Waals surface area contributed by atoms with E-state index in [9.17, 15) is 9.18 Å². The van der Waals surface area contributed by atoms with Crippen LogP contribution >= 0.6 is 0 Å². The van der Waals surface area contributed by atoms with Gasteiger partial charge in [-0.2, -0.15) is 0 Å². The molecule has 2 unspecified atom stereocenters. The first-order valence-electron chi connectivity index (χ1n) is 6.31. The Bertz CT molecular complexity index is 624. The highest BCUT2D eigenvalue weighted by molar-refractivity contribution is 6.00. The fraction of sp³-hybridized carbons (Fsp3) is 0.188. The molecule has 0 aromatic heterocycles. The number of ketones is 1. The Morgan fingerprint density at radius 2 is 1.89 bits per heavy atom. The molecule has 0 spiro atoms. The van der Waals surface area contributed by atoms with Crippen LogP contribution < -0.4 is 5.73 Å². The smallest absolute Gasteiger partial charge is 0.166 e. The number of anilines is 1. The number of carbonyl (C=O) groups excluding carboxylic acids is 1. The van der Waals surface area contributed by atoms with Crippen LogP contribution in [-0.4, -0.2) is 5.78 Å². The summed E-state index contributed by atoms with van der Waals surface area (Å²) < 4.78 is 13.4. The summed E-state index contributed by atoms with van der Waals surface area (Å²) in [7, 11) is 0. The van der Waals surface area contributed by atoms with E-state index >= 15 is 0 Å². The lowest BCUT2D eigenvalue weighted by molar-refractivity contribution is 0.0965. The first kappa shape index (κ1) is 11.9. The zero-order chi connectivity index (χ0) is 13.4. The highest BCUT2D eigenvalue weighted by Gasteiger charge is 2.43. The molecule has 2 atom stereocenters. The third kappa shape index (κ3) is 2.24. The van der Waals surface area contributed by atoms with Crippen molar-refractivity contribution in [1.82, 2.24) is 0 Å². The Balaban J connectivity index is 1.78. The summed E-state index contributed by atoms with van der Waals surface area (Å²) in [4.78, 5) is 12.2. The lowest BCUT2D eigenvalue weighted by atomic mass is 10.0. The van der Waals surface area contributed by atoms with Gasteiger partial charge in [-0.15, -0.1) is 0 Å². The first-order chi connectivity index (χ1) is 9.16. The van der Waals surface area contributed by atoms with Gasteiger partial charge in [-0.25, -0.2) is 4.39 Å². The van der Waals surface area contributed by atoms with Crippen molar-refractivity contribution in [3.05, 3.63) is 65.5 Å². The van der Waals surface area contributed by atoms with E-state index < -0.39 is 5.82 Å². The van der Waals surface area contributed by atoms with Crippen LogP contribution in [0.1, 0.15) is 28.3 Å². The van der Waals surface area contributed by atoms with Crippen LogP contribution in [0.4, 0.5) is 10.1 Å². The molecule has 0 saturated heterocycles. The second-order valence-electron chi connectivity index (χ2n) is 4.96. The summed E-state index contributed by atoms with van der Waals surface area (Å²) in [6.07, 6.45) is 0.842. The number of Topliss-reactive ketones (excluding diaryl/α,β-unsaturated/α-hetero) is 1. The molecule has 1 aliphatic carbocycles. The van der Waals surface area contributed by atoms with Crippen molar-refractivity contribution in [2.75, 3.05) is 5.73 Å². The Labute approximate surface area is 111 Å². The van der Waals surface area contributed by atoms with Crippen LogP contribution in [0.5, 0.6) is 0 Å². The van der Waals surface area contributed by atoms with E-state index in [0.717, 1.165) is 6.42 Å². The van der Waals surface area contributed by atoms with Crippen molar-refractivity contribution in [1.29, 1.82) is 0 Å². The Kier molecular flexibility index (Phi) is 2.82. The van der Waals surface area contributed by atoms with Gasteiger partial charge in [0.05, 0.1) is 5.69 Å². The van der Waals surface area contributed by atoms with Gasteiger partial charge in [0.25, 0.3) is 0 Å². The number of halogens is 1. The maximum atomic E-state index is 13.4. The summed E-state index contributed by atoms with van der Waals surface area (Å²) >= 11 is 0. The van der Waals surface area contributed by atoms with Gasteiger partial charge in [0.1, 0.15) is 5.82 Å². The van der Waals surface area contributed by atoms with E-state index in [0.29, 0.717) is 5.56 Å². The second kappa shape index (κ2) is 4.50. The number of nitrogens with two attached hydrogens (primary N) is 1. The van der Waals surface area contributed by atoms with Gasteiger partial charge >= 0.3 is 0 Å². The van der Waals surface area contributed by atoms with E-state index in [1.165, 1.54) is 17.7 Å². The lowest BCUT2D eigenvalue weighted by Gasteiger charge is -2.03. The molecule has 19 heavy (non-hydrogen) atoms. The third-order valence-corrected chi connectivity index (χ3v) is 3.64. The molecule has 2 aromatic rings. The fourth-order valence-electron chi connectivity index (χ4n) is 2.45. The zero-order valence-corrected chi connectivity index (χ0v) is 10.3. The van der Waals surface area contributed by atoms with E-state index in [-0.39, 0.29) is 23.3 Å². The number of benzene rings is 2. The summed E-state index contributed by atoms with van der Waals surface area (Å²) in [6.45, 7) is 0. The van der Waals surface area contributed by atoms with Gasteiger partial charge in [-0.3, -0.25) is 4.79 Å². The van der Waals surface area contributed by atoms with Gasteiger partial charge in [0.2, 0.25) is 0 Å². The summed E-state index contributed by atoms with van der Waals surface area (Å²) in [5.74, 6) is -0.268. The number of hydrogen-bond donors (Lipinski definition) is 1. The zero-order valence-electron chi connectivity index (χ0n) is 10.3. The molecule has 3 rings (SSSR count). The molecule has 2 N–H and O–H groups in total. The maximum absolute atomic E-state index is 13.4. The van der Waals surface area contributed by atoms with Crippen LogP contribution in [0.25, 0.3) is 0 Å². The minimum Gasteiger partial charge on any atom is -0.396 e. The van der Waals surface area contributed by atoms with E-state index in [1.54, 1.807) is 6.07 Å². The first-order valence-corrected chi connectivity index (χ1v) is 6.31. The van der Waals surface area contributed by atoms with E-state index in [4.69, 9.17) is 5.73 Å². The summed E-state index contributed by atoms with van der Waals surface area (Å²) in [6, 6.07) is 14.2.